The van der Waals surface area contributed by atoms with Crippen LogP contribution in [0.15, 0.2) is 11.5 Å². The third-order valence-corrected chi connectivity index (χ3v) is 1.53. The molecule has 0 saturated carbocycles. The maximum atomic E-state index is 5.02. The van der Waals surface area contributed by atoms with Crippen molar-refractivity contribution in [3.05, 3.63) is 11.5 Å². The minimum absolute atomic E-state index is 0.382. The lowest BCUT2D eigenvalue weighted by Crippen LogP contribution is -1.84. The van der Waals surface area contributed by atoms with Gasteiger partial charge in [-0.25, -0.2) is 0 Å². The van der Waals surface area contributed by atoms with E-state index in [0.29, 0.717) is 6.79 Å². The molecule has 3 heteroatoms. The zero-order valence-corrected chi connectivity index (χ0v) is 6.19. The van der Waals surface area contributed by atoms with Crippen molar-refractivity contribution in [1.29, 1.82) is 0 Å². The van der Waals surface area contributed by atoms with Crippen molar-refractivity contribution in [2.75, 3.05) is 12.1 Å². The third-order valence-electron chi connectivity index (χ3n) is 1.02. The van der Waals surface area contributed by atoms with Gasteiger partial charge in [-0.2, -0.15) is 0 Å². The van der Waals surface area contributed by atoms with Gasteiger partial charge in [-0.3, -0.25) is 0 Å². The Balaban J connectivity index is 2.58. The van der Waals surface area contributed by atoms with E-state index in [0.717, 1.165) is 16.8 Å². The number of halogens is 1. The summed E-state index contributed by atoms with van der Waals surface area (Å²) >= 11 is 3.25. The van der Waals surface area contributed by atoms with E-state index in [9.17, 15) is 0 Å². The molecule has 8 heavy (non-hydrogen) atoms. The molecule has 0 bridgehead atoms. The molecule has 0 fully saturated rings. The summed E-state index contributed by atoms with van der Waals surface area (Å²) in [4.78, 5) is 0. The summed E-state index contributed by atoms with van der Waals surface area (Å²) in [7, 11) is 0. The Hall–Kier alpha value is -0.180. The highest BCUT2D eigenvalue weighted by Gasteiger charge is 2.09. The number of ether oxygens (including phenoxy) is 2. The van der Waals surface area contributed by atoms with Crippen molar-refractivity contribution < 1.29 is 9.47 Å². The minimum Gasteiger partial charge on any atom is -0.459 e. The second-order valence-corrected chi connectivity index (χ2v) is 2.08. The Morgan fingerprint density at radius 1 is 1.62 bits per heavy atom. The molecule has 0 amide bonds. The molecular weight excluding hydrogens is 172 g/mol. The SMILES string of the molecule is CC1=C(CBr)OCO1. The van der Waals surface area contributed by atoms with Crippen LogP contribution in [-0.2, 0) is 9.47 Å². The fourth-order valence-electron chi connectivity index (χ4n) is 0.504. The molecule has 0 aromatic rings. The van der Waals surface area contributed by atoms with Gasteiger partial charge in [0.25, 0.3) is 0 Å². The summed E-state index contributed by atoms with van der Waals surface area (Å²) in [6, 6.07) is 0. The second kappa shape index (κ2) is 2.40. The molecule has 0 atom stereocenters. The lowest BCUT2D eigenvalue weighted by Gasteiger charge is -1.91. The van der Waals surface area contributed by atoms with Gasteiger partial charge in [0, 0.05) is 0 Å². The molecule has 1 rings (SSSR count). The van der Waals surface area contributed by atoms with Crippen LogP contribution in [0.4, 0.5) is 0 Å². The molecule has 0 spiro atoms. The highest BCUT2D eigenvalue weighted by Crippen LogP contribution is 2.16. The molecule has 1 aliphatic rings. The maximum absolute atomic E-state index is 5.02. The van der Waals surface area contributed by atoms with Crippen LogP contribution in [0.2, 0.25) is 0 Å². The van der Waals surface area contributed by atoms with Crippen LogP contribution in [0.25, 0.3) is 0 Å². The second-order valence-electron chi connectivity index (χ2n) is 1.52. The van der Waals surface area contributed by atoms with Gasteiger partial charge in [0.15, 0.2) is 0 Å². The molecule has 0 radical (unpaired) electrons. The first-order valence-corrected chi connectivity index (χ1v) is 3.48. The fourth-order valence-corrected chi connectivity index (χ4v) is 1.06. The lowest BCUT2D eigenvalue weighted by atomic mass is 10.5. The molecule has 0 unspecified atom stereocenters. The monoisotopic (exact) mass is 178 g/mol. The molecule has 1 heterocycles. The Kier molecular flexibility index (Phi) is 1.78. The summed E-state index contributed by atoms with van der Waals surface area (Å²) < 4.78 is 10.0. The average Bonchev–Trinajstić information content (AvgIpc) is 2.14. The van der Waals surface area contributed by atoms with Crippen molar-refractivity contribution in [2.45, 2.75) is 6.92 Å². The van der Waals surface area contributed by atoms with Gasteiger partial charge in [-0.1, -0.05) is 15.9 Å². The maximum Gasteiger partial charge on any atom is 0.230 e. The lowest BCUT2D eigenvalue weighted by molar-refractivity contribution is 0.0729. The summed E-state index contributed by atoms with van der Waals surface area (Å²) in [5.41, 5.74) is 0. The van der Waals surface area contributed by atoms with E-state index in [2.05, 4.69) is 15.9 Å². The van der Waals surface area contributed by atoms with Crippen LogP contribution in [0.3, 0.4) is 0 Å². The van der Waals surface area contributed by atoms with Crippen LogP contribution in [0.5, 0.6) is 0 Å². The molecule has 0 saturated heterocycles. The normalized spacial score (nSPS) is 18.2. The number of hydrogen-bond donors (Lipinski definition) is 0. The molecule has 2 nitrogen and oxygen atoms in total. The first-order valence-electron chi connectivity index (χ1n) is 2.36. The summed E-state index contributed by atoms with van der Waals surface area (Å²) in [5, 5.41) is 0.749. The molecule has 0 aromatic heterocycles. The molecule has 0 N–H and O–H groups in total. The van der Waals surface area contributed by atoms with Crippen molar-refractivity contribution in [1.82, 2.24) is 0 Å². The van der Waals surface area contributed by atoms with Crippen molar-refractivity contribution in [3.8, 4) is 0 Å². The summed E-state index contributed by atoms with van der Waals surface area (Å²) in [6.07, 6.45) is 0. The van der Waals surface area contributed by atoms with E-state index in [1.807, 2.05) is 6.92 Å². The Bertz CT molecular complexity index is 120. The van der Waals surface area contributed by atoms with Gasteiger partial charge >= 0.3 is 0 Å². The Morgan fingerprint density at radius 3 is 2.62 bits per heavy atom. The van der Waals surface area contributed by atoms with Gasteiger partial charge in [-0.05, 0) is 6.92 Å². The number of hydrogen-bond acceptors (Lipinski definition) is 2. The summed E-state index contributed by atoms with van der Waals surface area (Å²) in [6.45, 7) is 2.27. The molecule has 1 aliphatic heterocycles. The molecule has 0 aliphatic carbocycles. The van der Waals surface area contributed by atoms with Crippen molar-refractivity contribution in [3.63, 3.8) is 0 Å². The zero-order valence-electron chi connectivity index (χ0n) is 4.61. The van der Waals surface area contributed by atoms with Crippen LogP contribution < -0.4 is 0 Å². The highest BCUT2D eigenvalue weighted by atomic mass is 79.9. The largest absolute Gasteiger partial charge is 0.459 e. The van der Waals surface area contributed by atoms with E-state index < -0.39 is 0 Å². The van der Waals surface area contributed by atoms with Crippen LogP contribution in [-0.4, -0.2) is 12.1 Å². The zero-order chi connectivity index (χ0) is 5.98. The number of allylic oxidation sites excluding steroid dienone is 2. The summed E-state index contributed by atoms with van der Waals surface area (Å²) in [5.74, 6) is 1.80. The highest BCUT2D eigenvalue weighted by molar-refractivity contribution is 9.09. The van der Waals surface area contributed by atoms with Gasteiger partial charge in [0.05, 0.1) is 5.33 Å². The van der Waals surface area contributed by atoms with E-state index in [4.69, 9.17) is 9.47 Å². The van der Waals surface area contributed by atoms with Gasteiger partial charge in [-0.15, -0.1) is 0 Å². The number of rotatable bonds is 1. The topological polar surface area (TPSA) is 18.5 Å². The van der Waals surface area contributed by atoms with E-state index in [1.54, 1.807) is 0 Å². The van der Waals surface area contributed by atoms with Crippen molar-refractivity contribution >= 4 is 15.9 Å². The smallest absolute Gasteiger partial charge is 0.230 e. The van der Waals surface area contributed by atoms with E-state index >= 15 is 0 Å². The first kappa shape index (κ1) is 5.95. The predicted octanol–water partition coefficient (Wildman–Crippen LogP) is 1.62. The number of alkyl halides is 1. The van der Waals surface area contributed by atoms with Crippen LogP contribution in [0, 0.1) is 0 Å². The van der Waals surface area contributed by atoms with Gasteiger partial charge in [0.2, 0.25) is 6.79 Å². The van der Waals surface area contributed by atoms with Crippen LogP contribution >= 0.6 is 15.9 Å². The van der Waals surface area contributed by atoms with Crippen molar-refractivity contribution in [2.24, 2.45) is 0 Å². The third kappa shape index (κ3) is 0.968. The quantitative estimate of drug-likeness (QED) is 0.569. The van der Waals surface area contributed by atoms with E-state index in [1.165, 1.54) is 0 Å². The Morgan fingerprint density at radius 2 is 2.38 bits per heavy atom. The molecule has 46 valence electrons. The van der Waals surface area contributed by atoms with Gasteiger partial charge in [0.1, 0.15) is 11.5 Å². The first-order chi connectivity index (χ1) is 3.84. The minimum atomic E-state index is 0.382. The van der Waals surface area contributed by atoms with Crippen LogP contribution in [0.1, 0.15) is 6.92 Å². The van der Waals surface area contributed by atoms with E-state index in [-0.39, 0.29) is 0 Å². The Labute approximate surface area is 56.6 Å². The fraction of sp³-hybridized carbons (Fsp3) is 0.600. The van der Waals surface area contributed by atoms with Gasteiger partial charge < -0.3 is 9.47 Å². The molecular formula is C5H7BrO2. The standard InChI is InChI=1S/C5H7BrO2/c1-4-5(2-6)8-3-7-4/h2-3H2,1H3. The average molecular weight is 179 g/mol. The molecule has 0 aromatic carbocycles. The predicted molar refractivity (Wildman–Crippen MR) is 33.5 cm³/mol.